The van der Waals surface area contributed by atoms with E-state index in [-0.39, 0.29) is 19.0 Å². The fraction of sp³-hybridized carbons (Fsp3) is 0.292. The van der Waals surface area contributed by atoms with Crippen LogP contribution >= 0.6 is 0 Å². The van der Waals surface area contributed by atoms with Crippen LogP contribution in [0.25, 0.3) is 11.1 Å². The van der Waals surface area contributed by atoms with Crippen molar-refractivity contribution in [1.82, 2.24) is 10.5 Å². The van der Waals surface area contributed by atoms with Crippen LogP contribution in [0.5, 0.6) is 0 Å². The summed E-state index contributed by atoms with van der Waals surface area (Å²) in [7, 11) is 0. The van der Waals surface area contributed by atoms with Crippen molar-refractivity contribution in [2.75, 3.05) is 18.0 Å². The predicted molar refractivity (Wildman–Crippen MR) is 117 cm³/mol. The van der Waals surface area contributed by atoms with Crippen LogP contribution in [0.2, 0.25) is 0 Å². The molecule has 4 rings (SSSR count). The maximum atomic E-state index is 14.9. The van der Waals surface area contributed by atoms with E-state index in [1.807, 2.05) is 30.3 Å². The Morgan fingerprint density at radius 3 is 2.69 bits per heavy atom. The summed E-state index contributed by atoms with van der Waals surface area (Å²) in [6.07, 6.45) is 3.24. The second kappa shape index (κ2) is 9.64. The molecule has 0 bridgehead atoms. The van der Waals surface area contributed by atoms with E-state index in [1.54, 1.807) is 18.4 Å². The third-order valence-corrected chi connectivity index (χ3v) is 5.37. The molecule has 1 N–H and O–H groups in total. The number of cyclic esters (lactones) is 1. The minimum Gasteiger partial charge on any atom is -0.442 e. The first-order chi connectivity index (χ1) is 15.5. The van der Waals surface area contributed by atoms with E-state index in [0.29, 0.717) is 11.3 Å². The van der Waals surface area contributed by atoms with Crippen molar-refractivity contribution in [3.63, 3.8) is 0 Å². The number of hydrogen-bond acceptors (Lipinski definition) is 5. The number of hydrogen-bond donors (Lipinski definition) is 1. The topological polar surface area (TPSA) is 84.7 Å². The molecular weight excluding hydrogens is 413 g/mol. The van der Waals surface area contributed by atoms with Crippen molar-refractivity contribution < 1.29 is 23.2 Å². The van der Waals surface area contributed by atoms with Gasteiger partial charge in [-0.05, 0) is 48.6 Å². The van der Waals surface area contributed by atoms with Crippen LogP contribution in [0.15, 0.2) is 59.3 Å². The van der Waals surface area contributed by atoms with E-state index in [9.17, 15) is 14.0 Å². The number of carbonyl (C=O) groups excluding carboxylic acids is 2. The predicted octanol–water partition coefficient (Wildman–Crippen LogP) is 4.12. The Hall–Kier alpha value is -3.68. The van der Waals surface area contributed by atoms with Gasteiger partial charge in [0.25, 0.3) is 0 Å². The van der Waals surface area contributed by atoms with Crippen LogP contribution in [0.4, 0.5) is 14.9 Å². The first-order valence-corrected chi connectivity index (χ1v) is 10.5. The molecule has 1 aromatic heterocycles. The highest BCUT2D eigenvalue weighted by atomic mass is 19.1. The molecule has 1 saturated heterocycles. The normalized spacial score (nSPS) is 15.6. The summed E-state index contributed by atoms with van der Waals surface area (Å²) < 4.78 is 25.0. The molecule has 2 heterocycles. The summed E-state index contributed by atoms with van der Waals surface area (Å²) in [6, 6.07) is 14.4. The van der Waals surface area contributed by atoms with E-state index in [0.717, 1.165) is 30.5 Å². The van der Waals surface area contributed by atoms with Crippen molar-refractivity contribution in [2.24, 2.45) is 0 Å². The fourth-order valence-corrected chi connectivity index (χ4v) is 3.69. The number of carbonyl (C=O) groups is 2. The van der Waals surface area contributed by atoms with Crippen molar-refractivity contribution in [1.29, 1.82) is 0 Å². The number of nitrogens with one attached hydrogen (secondary N) is 1. The molecule has 1 atom stereocenters. The van der Waals surface area contributed by atoms with Gasteiger partial charge in [-0.25, -0.2) is 9.18 Å². The number of ether oxygens (including phenoxy) is 1. The van der Waals surface area contributed by atoms with Crippen LogP contribution in [0.1, 0.15) is 24.6 Å². The van der Waals surface area contributed by atoms with Gasteiger partial charge in [-0.2, -0.15) is 0 Å². The summed E-state index contributed by atoms with van der Waals surface area (Å²) >= 11 is 0. The van der Waals surface area contributed by atoms with E-state index >= 15 is 0 Å². The lowest BCUT2D eigenvalue weighted by Gasteiger charge is -2.14. The first-order valence-electron chi connectivity index (χ1n) is 10.5. The Morgan fingerprint density at radius 2 is 2.00 bits per heavy atom. The fourth-order valence-electron chi connectivity index (χ4n) is 3.69. The number of halogens is 1. The van der Waals surface area contributed by atoms with Gasteiger partial charge in [-0.1, -0.05) is 29.4 Å². The van der Waals surface area contributed by atoms with E-state index in [1.165, 1.54) is 23.5 Å². The van der Waals surface area contributed by atoms with Gasteiger partial charge in [0.1, 0.15) is 18.2 Å². The molecule has 0 aliphatic carbocycles. The van der Waals surface area contributed by atoms with E-state index in [4.69, 9.17) is 9.26 Å². The first kappa shape index (κ1) is 21.5. The lowest BCUT2D eigenvalue weighted by atomic mass is 10.0. The molecule has 0 spiro atoms. The second-order valence-corrected chi connectivity index (χ2v) is 7.76. The zero-order valence-electron chi connectivity index (χ0n) is 17.7. The summed E-state index contributed by atoms with van der Waals surface area (Å²) in [5, 5.41) is 6.53. The van der Waals surface area contributed by atoms with Gasteiger partial charge < -0.3 is 14.6 Å². The van der Waals surface area contributed by atoms with Crippen LogP contribution < -0.4 is 10.2 Å². The zero-order valence-corrected chi connectivity index (χ0v) is 17.7. The summed E-state index contributed by atoms with van der Waals surface area (Å²) in [5.41, 5.74) is 3.75. The van der Waals surface area contributed by atoms with Crippen LogP contribution in [-0.2, 0) is 22.4 Å². The Bertz CT molecular complexity index is 1080. The number of anilines is 1. The van der Waals surface area contributed by atoms with Crippen molar-refractivity contribution in [3.8, 4) is 11.1 Å². The van der Waals surface area contributed by atoms with Gasteiger partial charge >= 0.3 is 6.09 Å². The molecule has 2 aromatic carbocycles. The molecule has 3 aromatic rings. The minimum absolute atomic E-state index is 0.198. The highest BCUT2D eigenvalue weighted by molar-refractivity contribution is 5.90. The van der Waals surface area contributed by atoms with Gasteiger partial charge in [0, 0.05) is 18.6 Å². The molecule has 8 heteroatoms. The Balaban J connectivity index is 1.38. The number of rotatable bonds is 8. The standard InChI is InChI=1S/C24H24FN3O4/c1-16(29)26-14-21-15-28(24(30)32-21)20-9-10-22(23(25)13-20)18-7-5-17(6-8-18)3-2-4-19-11-12-31-27-19/h5-13,21H,2-4,14-15H2,1H3,(H,26,29)/t21-/m0/s1. The van der Waals surface area contributed by atoms with Gasteiger partial charge in [0.15, 0.2) is 0 Å². The monoisotopic (exact) mass is 437 g/mol. The molecule has 1 fully saturated rings. The second-order valence-electron chi connectivity index (χ2n) is 7.76. The van der Waals surface area contributed by atoms with E-state index in [2.05, 4.69) is 10.5 Å². The molecule has 2 amide bonds. The van der Waals surface area contributed by atoms with Crippen LogP contribution in [-0.4, -0.2) is 36.4 Å². The van der Waals surface area contributed by atoms with Gasteiger partial charge in [-0.3, -0.25) is 9.69 Å². The summed E-state index contributed by atoms with van der Waals surface area (Å²) in [5.74, 6) is -0.615. The number of amides is 2. The maximum absolute atomic E-state index is 14.9. The minimum atomic E-state index is -0.553. The van der Waals surface area contributed by atoms with Gasteiger partial charge in [-0.15, -0.1) is 0 Å². The molecule has 1 aliphatic rings. The molecule has 32 heavy (non-hydrogen) atoms. The van der Waals surface area contributed by atoms with Gasteiger partial charge in [0.05, 0.1) is 24.5 Å². The SMILES string of the molecule is CC(=O)NC[C@H]1CN(c2ccc(-c3ccc(CCCc4ccon4)cc3)c(F)c2)C(=O)O1. The number of aromatic nitrogens is 1. The van der Waals surface area contributed by atoms with E-state index < -0.39 is 18.0 Å². The van der Waals surface area contributed by atoms with Gasteiger partial charge in [0.2, 0.25) is 5.91 Å². The highest BCUT2D eigenvalue weighted by Gasteiger charge is 2.32. The average Bonchev–Trinajstić information content (AvgIpc) is 3.42. The number of aryl methyl sites for hydroxylation is 2. The zero-order chi connectivity index (χ0) is 22.5. The summed E-state index contributed by atoms with van der Waals surface area (Å²) in [6.45, 7) is 1.87. The molecule has 7 nitrogen and oxygen atoms in total. The third kappa shape index (κ3) is 5.14. The molecular formula is C24H24FN3O4. The quantitative estimate of drug-likeness (QED) is 0.573. The molecule has 1 aliphatic heterocycles. The highest BCUT2D eigenvalue weighted by Crippen LogP contribution is 2.29. The largest absolute Gasteiger partial charge is 0.442 e. The molecule has 0 radical (unpaired) electrons. The lowest BCUT2D eigenvalue weighted by Crippen LogP contribution is -2.33. The van der Waals surface area contributed by atoms with Crippen LogP contribution in [0.3, 0.4) is 0 Å². The van der Waals surface area contributed by atoms with Crippen LogP contribution in [0, 0.1) is 5.82 Å². The lowest BCUT2D eigenvalue weighted by molar-refractivity contribution is -0.119. The maximum Gasteiger partial charge on any atom is 0.414 e. The van der Waals surface area contributed by atoms with Crippen molar-refractivity contribution in [3.05, 3.63) is 71.9 Å². The number of nitrogens with zero attached hydrogens (tertiary/aromatic N) is 2. The molecule has 0 saturated carbocycles. The Labute approximate surface area is 185 Å². The van der Waals surface area contributed by atoms with Crippen molar-refractivity contribution >= 4 is 17.7 Å². The third-order valence-electron chi connectivity index (χ3n) is 5.37. The molecule has 0 unspecified atom stereocenters. The van der Waals surface area contributed by atoms with Crippen molar-refractivity contribution in [2.45, 2.75) is 32.3 Å². The Morgan fingerprint density at radius 1 is 1.19 bits per heavy atom. The smallest absolute Gasteiger partial charge is 0.414 e. The summed E-state index contributed by atoms with van der Waals surface area (Å²) in [4.78, 5) is 24.6. The molecule has 166 valence electrons. The Kier molecular flexibility index (Phi) is 6.49. The average molecular weight is 437 g/mol. The number of benzene rings is 2.